The minimum absolute atomic E-state index is 1.06. The van der Waals surface area contributed by atoms with Crippen molar-refractivity contribution in [1.29, 1.82) is 0 Å². The highest BCUT2D eigenvalue weighted by Crippen LogP contribution is 2.36. The molecule has 0 amide bonds. The quantitative estimate of drug-likeness (QED) is 0.252. The number of rotatable bonds is 6. The molecule has 0 radical (unpaired) electrons. The smallest absolute Gasteiger partial charge is 0.0579 e. The Kier molecular flexibility index (Phi) is 5.90. The van der Waals surface area contributed by atoms with Crippen molar-refractivity contribution < 1.29 is 0 Å². The molecular weight excluding hydrogens is 376 g/mol. The number of allylic oxidation sites excluding steroid dienone is 4. The predicted octanol–water partition coefficient (Wildman–Crippen LogP) is 8.35. The fourth-order valence-corrected chi connectivity index (χ4v) is 4.16. The van der Waals surface area contributed by atoms with E-state index in [2.05, 4.69) is 109 Å². The van der Waals surface area contributed by atoms with Crippen LogP contribution in [0.3, 0.4) is 0 Å². The van der Waals surface area contributed by atoms with Gasteiger partial charge < -0.3 is 9.88 Å². The van der Waals surface area contributed by atoms with Gasteiger partial charge in [0.25, 0.3) is 0 Å². The molecule has 0 unspecified atom stereocenters. The van der Waals surface area contributed by atoms with E-state index >= 15 is 0 Å². The van der Waals surface area contributed by atoms with Crippen LogP contribution in [0.25, 0.3) is 39.4 Å². The highest BCUT2D eigenvalue weighted by molar-refractivity contribution is 6.15. The summed E-state index contributed by atoms with van der Waals surface area (Å²) in [5.41, 5.74) is 5.66. The topological polar surface area (TPSA) is 17.0 Å². The number of nitrogens with one attached hydrogen (secondary N) is 1. The van der Waals surface area contributed by atoms with E-state index in [9.17, 15) is 0 Å². The summed E-state index contributed by atoms with van der Waals surface area (Å²) >= 11 is 0. The molecule has 0 aliphatic rings. The average molecular weight is 405 g/mol. The molecule has 1 N–H and O–H groups in total. The summed E-state index contributed by atoms with van der Waals surface area (Å²) in [6.45, 7) is 10.3. The Morgan fingerprint density at radius 1 is 0.839 bits per heavy atom. The van der Waals surface area contributed by atoms with Crippen molar-refractivity contribution in [3.8, 4) is 0 Å². The van der Waals surface area contributed by atoms with E-state index in [1.807, 2.05) is 25.1 Å². The fraction of sp³-hybridized carbons (Fsp3) is 0.103. The normalized spacial score (nSPS) is 12.7. The van der Waals surface area contributed by atoms with Crippen LogP contribution < -0.4 is 5.32 Å². The lowest BCUT2D eigenvalue weighted by Gasteiger charge is -2.16. The van der Waals surface area contributed by atoms with E-state index in [4.69, 9.17) is 0 Å². The summed E-state index contributed by atoms with van der Waals surface area (Å²) in [6, 6.07) is 19.3. The zero-order chi connectivity index (χ0) is 21.8. The minimum Gasteiger partial charge on any atom is -0.354 e. The first kappa shape index (κ1) is 20.5. The average Bonchev–Trinajstić information content (AvgIpc) is 3.34. The minimum atomic E-state index is 1.06. The second-order valence-electron chi connectivity index (χ2n) is 7.55. The third-order valence-electron chi connectivity index (χ3n) is 5.64. The van der Waals surface area contributed by atoms with Gasteiger partial charge in [0.2, 0.25) is 0 Å². The molecule has 154 valence electrons. The number of anilines is 1. The summed E-state index contributed by atoms with van der Waals surface area (Å²) in [5, 5.41) is 8.56. The molecular formula is C29H28N2. The third-order valence-corrected chi connectivity index (χ3v) is 5.64. The van der Waals surface area contributed by atoms with Crippen LogP contribution in [-0.4, -0.2) is 4.57 Å². The van der Waals surface area contributed by atoms with Gasteiger partial charge in [-0.25, -0.2) is 0 Å². The Morgan fingerprint density at radius 3 is 2.23 bits per heavy atom. The van der Waals surface area contributed by atoms with Crippen LogP contribution in [0.1, 0.15) is 31.9 Å². The molecule has 31 heavy (non-hydrogen) atoms. The second-order valence-corrected chi connectivity index (χ2v) is 7.55. The van der Waals surface area contributed by atoms with Gasteiger partial charge in [-0.05, 0) is 83.8 Å². The second kappa shape index (κ2) is 8.93. The molecule has 0 aliphatic heterocycles. The Balaban J connectivity index is 1.92. The van der Waals surface area contributed by atoms with E-state index in [1.165, 1.54) is 32.7 Å². The molecule has 0 fully saturated rings. The zero-order valence-electron chi connectivity index (χ0n) is 18.4. The summed E-state index contributed by atoms with van der Waals surface area (Å²) in [6.07, 6.45) is 14.5. The summed E-state index contributed by atoms with van der Waals surface area (Å²) in [5.74, 6) is 0. The van der Waals surface area contributed by atoms with Crippen molar-refractivity contribution in [3.05, 3.63) is 109 Å². The number of benzene rings is 3. The van der Waals surface area contributed by atoms with Gasteiger partial charge >= 0.3 is 0 Å². The van der Waals surface area contributed by atoms with Crippen LogP contribution in [0, 0.1) is 0 Å². The molecule has 0 saturated heterocycles. The van der Waals surface area contributed by atoms with E-state index in [0.29, 0.717) is 0 Å². The van der Waals surface area contributed by atoms with Gasteiger partial charge in [-0.15, -0.1) is 0 Å². The summed E-state index contributed by atoms with van der Waals surface area (Å²) in [7, 11) is 0. The molecule has 0 spiro atoms. The van der Waals surface area contributed by atoms with Crippen LogP contribution >= 0.6 is 0 Å². The Labute approximate surface area is 184 Å². The van der Waals surface area contributed by atoms with Gasteiger partial charge in [-0.1, -0.05) is 61.2 Å². The lowest BCUT2D eigenvalue weighted by Crippen LogP contribution is -2.03. The van der Waals surface area contributed by atoms with Gasteiger partial charge in [-0.2, -0.15) is 0 Å². The first-order chi connectivity index (χ1) is 15.2. The van der Waals surface area contributed by atoms with Gasteiger partial charge in [-0.3, -0.25) is 0 Å². The molecule has 1 heterocycles. The molecule has 0 bridgehead atoms. The van der Waals surface area contributed by atoms with Gasteiger partial charge in [0, 0.05) is 23.8 Å². The Hall–Kier alpha value is -3.78. The van der Waals surface area contributed by atoms with Crippen LogP contribution in [0.4, 0.5) is 5.69 Å². The van der Waals surface area contributed by atoms with E-state index in [1.54, 1.807) is 0 Å². The highest BCUT2D eigenvalue weighted by atomic mass is 15.0. The SMILES string of the molecule is C=Cc1c(/C=C\C)c2ccccc2c2cc(NC(/C=C\C)=C(/C)n3cccc3)ccc12. The van der Waals surface area contributed by atoms with Crippen molar-refractivity contribution >= 4 is 45.1 Å². The lowest BCUT2D eigenvalue weighted by molar-refractivity contribution is 1.08. The van der Waals surface area contributed by atoms with E-state index in [0.717, 1.165) is 17.1 Å². The number of hydrogen-bond donors (Lipinski definition) is 1. The standard InChI is InChI=1S/C29H28N2/c1-5-12-24-23(7-3)27-17-16-22(20-28(27)26-15-9-8-14-25(24)26)30-29(13-6-2)21(4)31-18-10-11-19-31/h5-20,30H,3H2,1-2,4H3/b12-5-,13-6-,29-21-. The van der Waals surface area contributed by atoms with Crippen LogP contribution in [0.2, 0.25) is 0 Å². The van der Waals surface area contributed by atoms with E-state index in [-0.39, 0.29) is 0 Å². The van der Waals surface area contributed by atoms with Crippen LogP contribution in [0.15, 0.2) is 97.5 Å². The number of nitrogens with zero attached hydrogens (tertiary/aromatic N) is 1. The maximum Gasteiger partial charge on any atom is 0.0579 e. The first-order valence-corrected chi connectivity index (χ1v) is 10.7. The van der Waals surface area contributed by atoms with Crippen molar-refractivity contribution in [2.45, 2.75) is 20.8 Å². The molecule has 4 aromatic rings. The fourth-order valence-electron chi connectivity index (χ4n) is 4.16. The monoisotopic (exact) mass is 404 g/mol. The molecule has 4 rings (SSSR count). The Bertz CT molecular complexity index is 1330. The molecule has 0 saturated carbocycles. The molecule has 0 aliphatic carbocycles. The van der Waals surface area contributed by atoms with Crippen molar-refractivity contribution in [3.63, 3.8) is 0 Å². The maximum absolute atomic E-state index is 4.11. The number of hydrogen-bond acceptors (Lipinski definition) is 1. The van der Waals surface area contributed by atoms with Gasteiger partial charge in [0.1, 0.15) is 0 Å². The summed E-state index contributed by atoms with van der Waals surface area (Å²) in [4.78, 5) is 0. The summed E-state index contributed by atoms with van der Waals surface area (Å²) < 4.78 is 2.12. The molecule has 1 aromatic heterocycles. The molecule has 2 nitrogen and oxygen atoms in total. The van der Waals surface area contributed by atoms with Crippen molar-refractivity contribution in [2.24, 2.45) is 0 Å². The molecule has 3 aromatic carbocycles. The lowest BCUT2D eigenvalue weighted by atomic mass is 9.91. The third kappa shape index (κ3) is 3.85. The van der Waals surface area contributed by atoms with Gasteiger partial charge in [0.15, 0.2) is 0 Å². The largest absolute Gasteiger partial charge is 0.354 e. The van der Waals surface area contributed by atoms with Crippen molar-refractivity contribution in [2.75, 3.05) is 5.32 Å². The van der Waals surface area contributed by atoms with E-state index < -0.39 is 0 Å². The molecule has 2 heteroatoms. The number of fused-ring (bicyclic) bond motifs is 3. The van der Waals surface area contributed by atoms with Gasteiger partial charge in [0.05, 0.1) is 5.70 Å². The molecule has 0 atom stereocenters. The highest BCUT2D eigenvalue weighted by Gasteiger charge is 2.12. The van der Waals surface area contributed by atoms with Crippen LogP contribution in [0.5, 0.6) is 0 Å². The van der Waals surface area contributed by atoms with Crippen LogP contribution in [-0.2, 0) is 0 Å². The Morgan fingerprint density at radius 2 is 1.55 bits per heavy atom. The zero-order valence-corrected chi connectivity index (χ0v) is 18.4. The predicted molar refractivity (Wildman–Crippen MR) is 138 cm³/mol. The van der Waals surface area contributed by atoms with Crippen molar-refractivity contribution in [1.82, 2.24) is 4.57 Å². The first-order valence-electron chi connectivity index (χ1n) is 10.7. The number of aromatic nitrogens is 1. The maximum atomic E-state index is 4.11.